The quantitative estimate of drug-likeness (QED) is 0.666. The van der Waals surface area contributed by atoms with Gasteiger partial charge in [0, 0.05) is 14.2 Å². The lowest BCUT2D eigenvalue weighted by molar-refractivity contribution is 0.226. The topological polar surface area (TPSA) is 18.5 Å². The van der Waals surface area contributed by atoms with E-state index >= 15 is 0 Å². The first kappa shape index (κ1) is 13.6. The second-order valence-corrected chi connectivity index (χ2v) is 9.48. The Kier molecular flexibility index (Phi) is 5.06. The molecule has 2 aliphatic carbocycles. The fourth-order valence-electron chi connectivity index (χ4n) is 3.81. The molecule has 0 aromatic carbocycles. The number of hydrogen-bond donors (Lipinski definition) is 0. The van der Waals surface area contributed by atoms with Crippen LogP contribution in [0.1, 0.15) is 51.4 Å². The van der Waals surface area contributed by atoms with Gasteiger partial charge >= 0.3 is 8.56 Å². The highest BCUT2D eigenvalue weighted by Crippen LogP contribution is 2.39. The van der Waals surface area contributed by atoms with Crippen molar-refractivity contribution in [3.05, 3.63) is 0 Å². The van der Waals surface area contributed by atoms with Crippen LogP contribution in [-0.4, -0.2) is 22.8 Å². The molecule has 2 aliphatic rings. The predicted molar refractivity (Wildman–Crippen MR) is 73.3 cm³/mol. The van der Waals surface area contributed by atoms with Crippen LogP contribution in [0.3, 0.4) is 0 Å². The van der Waals surface area contributed by atoms with Crippen molar-refractivity contribution in [1.29, 1.82) is 0 Å². The molecule has 0 atom stereocenters. The average Bonchev–Trinajstić information content (AvgIpc) is 3.01. The van der Waals surface area contributed by atoms with Gasteiger partial charge in [0.05, 0.1) is 0 Å². The molecule has 3 heteroatoms. The van der Waals surface area contributed by atoms with Gasteiger partial charge in [-0.1, -0.05) is 51.4 Å². The summed E-state index contributed by atoms with van der Waals surface area (Å²) in [5, 5.41) is 0. The van der Waals surface area contributed by atoms with Crippen molar-refractivity contribution in [1.82, 2.24) is 0 Å². The molecule has 0 saturated heterocycles. The van der Waals surface area contributed by atoms with Gasteiger partial charge in [-0.05, 0) is 23.9 Å². The summed E-state index contributed by atoms with van der Waals surface area (Å²) in [7, 11) is 1.90. The standard InChI is InChI=1S/C14H28O2Si/c1-15-17(16-2,11-13-7-3-4-8-13)12-14-9-5-6-10-14/h13-14H,3-12H2,1-2H3. The van der Waals surface area contributed by atoms with Gasteiger partial charge in [-0.25, -0.2) is 0 Å². The van der Waals surface area contributed by atoms with Crippen molar-refractivity contribution in [2.75, 3.05) is 14.2 Å². The highest BCUT2D eigenvalue weighted by Gasteiger charge is 2.41. The maximum Gasteiger partial charge on any atom is 0.338 e. The van der Waals surface area contributed by atoms with Gasteiger partial charge in [0.15, 0.2) is 0 Å². The smallest absolute Gasteiger partial charge is 0.338 e. The Labute approximate surface area is 107 Å². The minimum absolute atomic E-state index is 0.892. The molecule has 0 aromatic heterocycles. The zero-order chi connectivity index (χ0) is 12.1. The van der Waals surface area contributed by atoms with Crippen LogP contribution in [0, 0.1) is 11.8 Å². The minimum Gasteiger partial charge on any atom is -0.398 e. The first-order valence-corrected chi connectivity index (χ1v) is 9.61. The van der Waals surface area contributed by atoms with Crippen LogP contribution in [0.5, 0.6) is 0 Å². The Morgan fingerprint density at radius 1 is 0.765 bits per heavy atom. The van der Waals surface area contributed by atoms with E-state index < -0.39 is 8.56 Å². The van der Waals surface area contributed by atoms with Crippen molar-refractivity contribution in [2.24, 2.45) is 11.8 Å². The van der Waals surface area contributed by atoms with E-state index in [0.29, 0.717) is 0 Å². The summed E-state index contributed by atoms with van der Waals surface area (Å²) in [6.45, 7) is 0. The summed E-state index contributed by atoms with van der Waals surface area (Å²) < 4.78 is 11.9. The molecule has 0 bridgehead atoms. The molecule has 2 rings (SSSR count). The molecule has 0 aromatic rings. The van der Waals surface area contributed by atoms with Gasteiger partial charge < -0.3 is 8.85 Å². The van der Waals surface area contributed by atoms with Gasteiger partial charge in [-0.3, -0.25) is 0 Å². The van der Waals surface area contributed by atoms with Crippen molar-refractivity contribution in [3.63, 3.8) is 0 Å². The van der Waals surface area contributed by atoms with E-state index in [2.05, 4.69) is 0 Å². The Bertz CT molecular complexity index is 196. The zero-order valence-corrected chi connectivity index (χ0v) is 12.5. The summed E-state index contributed by atoms with van der Waals surface area (Å²) in [5.41, 5.74) is 0. The predicted octanol–water partition coefficient (Wildman–Crippen LogP) is 4.10. The SMILES string of the molecule is CO[Si](CC1CCCC1)(CC1CCCC1)OC. The molecular formula is C14H28O2Si. The summed E-state index contributed by atoms with van der Waals surface area (Å²) in [5.74, 6) is 1.78. The first-order chi connectivity index (χ1) is 8.28. The van der Waals surface area contributed by atoms with Gasteiger partial charge in [0.25, 0.3) is 0 Å². The van der Waals surface area contributed by atoms with E-state index in [1.165, 1.54) is 63.5 Å². The van der Waals surface area contributed by atoms with E-state index in [9.17, 15) is 0 Å². The molecule has 0 amide bonds. The zero-order valence-electron chi connectivity index (χ0n) is 11.5. The Morgan fingerprint density at radius 3 is 1.41 bits per heavy atom. The first-order valence-electron chi connectivity index (χ1n) is 7.38. The Balaban J connectivity index is 1.91. The molecule has 0 unspecified atom stereocenters. The van der Waals surface area contributed by atoms with Crippen molar-refractivity contribution in [3.8, 4) is 0 Å². The van der Waals surface area contributed by atoms with E-state index in [1.807, 2.05) is 14.2 Å². The Hall–Kier alpha value is 0.137. The normalized spacial score (nSPS) is 23.6. The third kappa shape index (κ3) is 3.55. The molecule has 17 heavy (non-hydrogen) atoms. The van der Waals surface area contributed by atoms with E-state index in [-0.39, 0.29) is 0 Å². The maximum absolute atomic E-state index is 5.93. The second kappa shape index (κ2) is 6.35. The number of hydrogen-bond acceptors (Lipinski definition) is 2. The van der Waals surface area contributed by atoms with Crippen LogP contribution in [-0.2, 0) is 8.85 Å². The molecule has 2 fully saturated rings. The third-order valence-corrected chi connectivity index (χ3v) is 8.78. The lowest BCUT2D eigenvalue weighted by atomic mass is 10.1. The van der Waals surface area contributed by atoms with Crippen LogP contribution in [0.15, 0.2) is 0 Å². The second-order valence-electron chi connectivity index (χ2n) is 6.03. The summed E-state index contributed by atoms with van der Waals surface area (Å²) in [4.78, 5) is 0. The molecule has 0 heterocycles. The van der Waals surface area contributed by atoms with E-state index in [4.69, 9.17) is 8.85 Å². The summed E-state index contributed by atoms with van der Waals surface area (Å²) >= 11 is 0. The number of rotatable bonds is 6. The van der Waals surface area contributed by atoms with Crippen LogP contribution < -0.4 is 0 Å². The van der Waals surface area contributed by atoms with Gasteiger partial charge in [-0.15, -0.1) is 0 Å². The monoisotopic (exact) mass is 256 g/mol. The molecular weight excluding hydrogens is 228 g/mol. The maximum atomic E-state index is 5.93. The van der Waals surface area contributed by atoms with Crippen molar-refractivity contribution < 1.29 is 8.85 Å². The fourth-order valence-corrected chi connectivity index (χ4v) is 7.38. The molecule has 2 nitrogen and oxygen atoms in total. The average molecular weight is 256 g/mol. The molecule has 0 radical (unpaired) electrons. The highest BCUT2D eigenvalue weighted by atomic mass is 28.4. The Morgan fingerprint density at radius 2 is 1.12 bits per heavy atom. The molecule has 0 N–H and O–H groups in total. The van der Waals surface area contributed by atoms with Gasteiger partial charge in [0.2, 0.25) is 0 Å². The van der Waals surface area contributed by atoms with Crippen molar-refractivity contribution in [2.45, 2.75) is 63.5 Å². The lowest BCUT2D eigenvalue weighted by Crippen LogP contribution is -2.43. The van der Waals surface area contributed by atoms with Crippen LogP contribution in [0.4, 0.5) is 0 Å². The van der Waals surface area contributed by atoms with Crippen molar-refractivity contribution >= 4 is 8.56 Å². The fraction of sp³-hybridized carbons (Fsp3) is 1.00. The van der Waals surface area contributed by atoms with Crippen LogP contribution >= 0.6 is 0 Å². The highest BCUT2D eigenvalue weighted by molar-refractivity contribution is 6.67. The molecule has 0 spiro atoms. The van der Waals surface area contributed by atoms with Gasteiger partial charge in [-0.2, -0.15) is 0 Å². The van der Waals surface area contributed by atoms with E-state index in [0.717, 1.165) is 11.8 Å². The third-order valence-electron chi connectivity index (χ3n) is 4.89. The largest absolute Gasteiger partial charge is 0.398 e. The van der Waals surface area contributed by atoms with Crippen LogP contribution in [0.25, 0.3) is 0 Å². The lowest BCUT2D eigenvalue weighted by Gasteiger charge is -2.32. The van der Waals surface area contributed by atoms with E-state index in [1.54, 1.807) is 0 Å². The minimum atomic E-state index is -1.87. The van der Waals surface area contributed by atoms with Crippen LogP contribution in [0.2, 0.25) is 12.1 Å². The molecule has 0 aliphatic heterocycles. The molecule has 100 valence electrons. The summed E-state index contributed by atoms with van der Waals surface area (Å²) in [6.07, 6.45) is 11.3. The van der Waals surface area contributed by atoms with Gasteiger partial charge in [0.1, 0.15) is 0 Å². The molecule has 2 saturated carbocycles. The summed E-state index contributed by atoms with van der Waals surface area (Å²) in [6, 6.07) is 2.49.